The lowest BCUT2D eigenvalue weighted by atomic mass is 10.2. The average molecular weight is 342 g/mol. The van der Waals surface area contributed by atoms with Gasteiger partial charge in [-0.2, -0.15) is 22.0 Å². The van der Waals surface area contributed by atoms with Gasteiger partial charge in [0.2, 0.25) is 0 Å². The molecule has 0 spiro atoms. The predicted molar refractivity (Wildman–Crippen MR) is 61.1 cm³/mol. The molecule has 1 aromatic rings. The van der Waals surface area contributed by atoms with Crippen LogP contribution in [0.3, 0.4) is 0 Å². The number of hydrogen-bond donors (Lipinski definition) is 1. The third-order valence-corrected chi connectivity index (χ3v) is 3.08. The molecule has 1 rings (SSSR count). The maximum absolute atomic E-state index is 12.7. The number of amides is 1. The summed E-state index contributed by atoms with van der Waals surface area (Å²) in [6.07, 6.45) is -6.00. The van der Waals surface area contributed by atoms with Crippen molar-refractivity contribution in [2.24, 2.45) is 0 Å². The molecule has 19 heavy (non-hydrogen) atoms. The van der Waals surface area contributed by atoms with Crippen molar-refractivity contribution in [1.29, 1.82) is 0 Å². The van der Waals surface area contributed by atoms with Gasteiger partial charge in [0.25, 0.3) is 0 Å². The Balaban J connectivity index is 3.02. The molecule has 0 aliphatic rings. The normalized spacial score (nSPS) is 12.4. The monoisotopic (exact) mass is 341 g/mol. The topological polar surface area (TPSA) is 29.1 Å². The third kappa shape index (κ3) is 3.40. The second-order valence-electron chi connectivity index (χ2n) is 3.28. The quantitative estimate of drug-likeness (QED) is 0.608. The van der Waals surface area contributed by atoms with Crippen LogP contribution in [-0.2, 0) is 4.79 Å². The summed E-state index contributed by atoms with van der Waals surface area (Å²) in [4.78, 5) is 10.9. The Morgan fingerprint density at radius 3 is 1.79 bits per heavy atom. The second kappa shape index (κ2) is 5.30. The largest absolute Gasteiger partial charge is 0.463 e. The van der Waals surface area contributed by atoms with Crippen LogP contribution in [0.2, 0.25) is 15.1 Å². The summed E-state index contributed by atoms with van der Waals surface area (Å²) in [5.74, 6) is -8.08. The molecule has 0 bridgehead atoms. The number of benzene rings is 1. The lowest BCUT2D eigenvalue weighted by Crippen LogP contribution is -2.47. The van der Waals surface area contributed by atoms with Crippen LogP contribution in [0.25, 0.3) is 0 Å². The predicted octanol–water partition coefficient (Wildman–Crippen LogP) is 4.78. The average Bonchev–Trinajstić information content (AvgIpc) is 2.24. The van der Waals surface area contributed by atoms with Gasteiger partial charge in [0.1, 0.15) is 0 Å². The molecular weight excluding hydrogens is 339 g/mol. The summed E-state index contributed by atoms with van der Waals surface area (Å²) < 4.78 is 61.1. The van der Waals surface area contributed by atoms with Gasteiger partial charge in [0.05, 0.1) is 15.1 Å². The van der Waals surface area contributed by atoms with Crippen LogP contribution in [0.15, 0.2) is 12.1 Å². The van der Waals surface area contributed by atoms with Crippen molar-refractivity contribution in [1.82, 2.24) is 0 Å². The molecule has 0 heterocycles. The molecule has 0 aliphatic heterocycles. The summed E-state index contributed by atoms with van der Waals surface area (Å²) >= 11 is 16.6. The van der Waals surface area contributed by atoms with E-state index in [1.807, 2.05) is 0 Å². The number of rotatable bonds is 2. The molecule has 106 valence electrons. The summed E-state index contributed by atoms with van der Waals surface area (Å²) in [7, 11) is 0. The first kappa shape index (κ1) is 16.3. The number of carbonyl (C=O) groups excluding carboxylic acids is 1. The van der Waals surface area contributed by atoms with Crippen LogP contribution >= 0.6 is 34.8 Å². The van der Waals surface area contributed by atoms with Crippen LogP contribution in [0.5, 0.6) is 0 Å². The van der Waals surface area contributed by atoms with Crippen molar-refractivity contribution in [2.45, 2.75) is 12.1 Å². The molecule has 2 nitrogen and oxygen atoms in total. The van der Waals surface area contributed by atoms with Crippen molar-refractivity contribution < 1.29 is 26.7 Å². The molecule has 0 radical (unpaired) electrons. The SMILES string of the molecule is O=C(Nc1cc(Cl)c(Cl)c(Cl)c1)C(F)(F)C(F)(F)F. The first-order valence-electron chi connectivity index (χ1n) is 4.37. The Morgan fingerprint density at radius 2 is 1.42 bits per heavy atom. The van der Waals surface area contributed by atoms with Gasteiger partial charge in [-0.1, -0.05) is 34.8 Å². The molecule has 0 atom stereocenters. The molecular formula is C9H3Cl3F5NO. The molecule has 10 heteroatoms. The summed E-state index contributed by atoms with van der Waals surface area (Å²) in [6, 6.07) is 1.78. The minimum Gasteiger partial charge on any atom is -0.320 e. The van der Waals surface area contributed by atoms with Crippen LogP contribution < -0.4 is 5.32 Å². The van der Waals surface area contributed by atoms with Crippen LogP contribution in [0.4, 0.5) is 27.6 Å². The highest BCUT2D eigenvalue weighted by Gasteiger charge is 2.63. The van der Waals surface area contributed by atoms with E-state index in [1.54, 1.807) is 0 Å². The van der Waals surface area contributed by atoms with Crippen molar-refractivity contribution >= 4 is 46.4 Å². The zero-order chi connectivity index (χ0) is 15.0. The van der Waals surface area contributed by atoms with E-state index in [0.717, 1.165) is 12.1 Å². The standard InChI is InChI=1S/C9H3Cl3F5NO/c10-4-1-3(2-5(11)6(4)12)18-7(19)8(13,14)9(15,16)17/h1-2H,(H,18,19). The van der Waals surface area contributed by atoms with Crippen LogP contribution in [0, 0.1) is 0 Å². The number of halogens is 8. The second-order valence-corrected chi connectivity index (χ2v) is 4.47. The Morgan fingerprint density at radius 1 is 1.00 bits per heavy atom. The minimum absolute atomic E-state index is 0.121. The summed E-state index contributed by atoms with van der Waals surface area (Å²) in [6.45, 7) is 0. The smallest absolute Gasteiger partial charge is 0.320 e. The van der Waals surface area contributed by atoms with Crippen molar-refractivity contribution in [2.75, 3.05) is 5.32 Å². The lowest BCUT2D eigenvalue weighted by molar-refractivity contribution is -0.267. The lowest BCUT2D eigenvalue weighted by Gasteiger charge is -2.18. The molecule has 0 aromatic heterocycles. The molecule has 0 saturated heterocycles. The molecule has 0 aliphatic carbocycles. The van der Waals surface area contributed by atoms with E-state index in [9.17, 15) is 26.7 Å². The van der Waals surface area contributed by atoms with E-state index in [4.69, 9.17) is 34.8 Å². The fourth-order valence-corrected chi connectivity index (χ4v) is 1.56. The maximum Gasteiger partial charge on any atom is 0.463 e. The van der Waals surface area contributed by atoms with Gasteiger partial charge in [-0.05, 0) is 12.1 Å². The van der Waals surface area contributed by atoms with Gasteiger partial charge in [-0.25, -0.2) is 0 Å². The highest BCUT2D eigenvalue weighted by atomic mass is 35.5. The summed E-state index contributed by atoms with van der Waals surface area (Å²) in [5.41, 5.74) is -0.437. The van der Waals surface area contributed by atoms with Gasteiger partial charge in [-0.15, -0.1) is 0 Å². The molecule has 1 aromatic carbocycles. The molecule has 0 fully saturated rings. The minimum atomic E-state index is -6.00. The van der Waals surface area contributed by atoms with Gasteiger partial charge in [0, 0.05) is 5.69 Å². The number of alkyl halides is 5. The fourth-order valence-electron chi connectivity index (χ4n) is 0.966. The van der Waals surface area contributed by atoms with E-state index in [1.165, 1.54) is 5.32 Å². The summed E-state index contributed by atoms with van der Waals surface area (Å²) in [5, 5.41) is 0.823. The van der Waals surface area contributed by atoms with Crippen LogP contribution in [0.1, 0.15) is 0 Å². The first-order valence-corrected chi connectivity index (χ1v) is 5.50. The fraction of sp³-hybridized carbons (Fsp3) is 0.222. The Hall–Kier alpha value is -0.790. The molecule has 0 saturated carbocycles. The van der Waals surface area contributed by atoms with E-state index < -0.39 is 23.7 Å². The highest BCUT2D eigenvalue weighted by Crippen LogP contribution is 2.37. The molecule has 1 amide bonds. The van der Waals surface area contributed by atoms with Crippen molar-refractivity contribution in [3.8, 4) is 0 Å². The van der Waals surface area contributed by atoms with Gasteiger partial charge in [-0.3, -0.25) is 4.79 Å². The first-order chi connectivity index (χ1) is 8.46. The number of anilines is 1. The number of carbonyl (C=O) groups is 1. The van der Waals surface area contributed by atoms with E-state index >= 15 is 0 Å². The zero-order valence-corrected chi connectivity index (χ0v) is 10.9. The van der Waals surface area contributed by atoms with E-state index in [2.05, 4.69) is 0 Å². The van der Waals surface area contributed by atoms with Crippen molar-refractivity contribution in [3.63, 3.8) is 0 Å². The van der Waals surface area contributed by atoms with E-state index in [-0.39, 0.29) is 15.1 Å². The van der Waals surface area contributed by atoms with Gasteiger partial charge < -0.3 is 5.32 Å². The molecule has 0 unspecified atom stereocenters. The van der Waals surface area contributed by atoms with E-state index in [0.29, 0.717) is 0 Å². The number of hydrogen-bond acceptors (Lipinski definition) is 1. The van der Waals surface area contributed by atoms with Gasteiger partial charge in [0.15, 0.2) is 0 Å². The highest BCUT2D eigenvalue weighted by molar-refractivity contribution is 6.48. The third-order valence-electron chi connectivity index (χ3n) is 1.88. The molecule has 1 N–H and O–H groups in total. The van der Waals surface area contributed by atoms with Crippen molar-refractivity contribution in [3.05, 3.63) is 27.2 Å². The Bertz CT molecular complexity index is 494. The van der Waals surface area contributed by atoms with Gasteiger partial charge >= 0.3 is 18.0 Å². The Kier molecular flexibility index (Phi) is 4.54. The maximum atomic E-state index is 12.7. The zero-order valence-electron chi connectivity index (χ0n) is 8.59. The number of nitrogens with one attached hydrogen (secondary N) is 1. The Labute approximate surface area is 118 Å². The van der Waals surface area contributed by atoms with Crippen LogP contribution in [-0.4, -0.2) is 18.0 Å².